The molecule has 0 heterocycles. The van der Waals surface area contributed by atoms with Crippen molar-refractivity contribution in [1.82, 2.24) is 0 Å². The average molecular weight is 679 g/mol. The number of hydrogen-bond donors (Lipinski definition) is 1. The van der Waals surface area contributed by atoms with Gasteiger partial charge in [0.1, 0.15) is 11.2 Å². The second-order valence-electron chi connectivity index (χ2n) is 11.9. The summed E-state index contributed by atoms with van der Waals surface area (Å²) in [5.74, 6) is -1.40. The molecular weight excluding hydrogens is 636 g/mol. The van der Waals surface area contributed by atoms with Crippen LogP contribution in [0.1, 0.15) is 47.2 Å². The number of carbonyl (C=O) groups is 2. The summed E-state index contributed by atoms with van der Waals surface area (Å²) >= 11 is 0. The maximum Gasteiger partial charge on any atom is 0.334 e. The summed E-state index contributed by atoms with van der Waals surface area (Å²) in [6.07, 6.45) is -1.71. The van der Waals surface area contributed by atoms with Crippen LogP contribution in [-0.4, -0.2) is 36.4 Å². The van der Waals surface area contributed by atoms with E-state index in [-0.39, 0.29) is 0 Å². The SMILES string of the molecule is COC(=O)[C@@H](C)OC(c1ccccc1)(c1ccccc1)c1ccccc1.C[C@@H](OC(c1ccccc1)(c1ccccc1)c1ccccc1)C(=O)O. The van der Waals surface area contributed by atoms with Crippen molar-refractivity contribution >= 4 is 11.9 Å². The molecule has 0 spiro atoms. The Morgan fingerprint density at radius 3 is 0.843 bits per heavy atom. The molecule has 0 bridgehead atoms. The van der Waals surface area contributed by atoms with Gasteiger partial charge in [-0.05, 0) is 47.2 Å². The molecular formula is C45H42O6. The number of carbonyl (C=O) groups excluding carboxylic acids is 1. The zero-order valence-corrected chi connectivity index (χ0v) is 29.0. The first kappa shape index (κ1) is 36.5. The molecule has 0 aliphatic heterocycles. The van der Waals surface area contributed by atoms with Crippen molar-refractivity contribution in [2.24, 2.45) is 0 Å². The van der Waals surface area contributed by atoms with E-state index >= 15 is 0 Å². The summed E-state index contributed by atoms with van der Waals surface area (Å²) in [6, 6.07) is 59.1. The van der Waals surface area contributed by atoms with E-state index < -0.39 is 35.3 Å². The van der Waals surface area contributed by atoms with Gasteiger partial charge in [0, 0.05) is 0 Å². The van der Waals surface area contributed by atoms with E-state index in [1.807, 2.05) is 182 Å². The fourth-order valence-electron chi connectivity index (χ4n) is 6.24. The van der Waals surface area contributed by atoms with Crippen molar-refractivity contribution in [2.45, 2.75) is 37.3 Å². The predicted octanol–water partition coefficient (Wildman–Crippen LogP) is 9.02. The fourth-order valence-corrected chi connectivity index (χ4v) is 6.24. The van der Waals surface area contributed by atoms with E-state index in [1.54, 1.807) is 13.8 Å². The zero-order valence-electron chi connectivity index (χ0n) is 29.0. The number of ether oxygens (including phenoxy) is 3. The van der Waals surface area contributed by atoms with Gasteiger partial charge in [0.05, 0.1) is 7.11 Å². The molecule has 1 N–H and O–H groups in total. The van der Waals surface area contributed by atoms with Crippen LogP contribution >= 0.6 is 0 Å². The van der Waals surface area contributed by atoms with E-state index in [0.717, 1.165) is 33.4 Å². The minimum absolute atomic E-state index is 0.405. The van der Waals surface area contributed by atoms with Crippen molar-refractivity contribution in [3.63, 3.8) is 0 Å². The lowest BCUT2D eigenvalue weighted by Gasteiger charge is -2.37. The molecule has 0 fully saturated rings. The van der Waals surface area contributed by atoms with Crippen molar-refractivity contribution in [2.75, 3.05) is 7.11 Å². The monoisotopic (exact) mass is 678 g/mol. The minimum Gasteiger partial charge on any atom is -0.479 e. The Morgan fingerprint density at radius 1 is 0.431 bits per heavy atom. The van der Waals surface area contributed by atoms with Gasteiger partial charge in [-0.1, -0.05) is 182 Å². The van der Waals surface area contributed by atoms with Gasteiger partial charge in [-0.3, -0.25) is 0 Å². The summed E-state index contributed by atoms with van der Waals surface area (Å²) in [5.41, 5.74) is 3.61. The Morgan fingerprint density at radius 2 is 0.647 bits per heavy atom. The van der Waals surface area contributed by atoms with Crippen LogP contribution in [0.15, 0.2) is 182 Å². The minimum atomic E-state index is -0.998. The first-order valence-corrected chi connectivity index (χ1v) is 16.8. The van der Waals surface area contributed by atoms with Gasteiger partial charge in [0.15, 0.2) is 12.2 Å². The quantitative estimate of drug-likeness (QED) is 0.103. The van der Waals surface area contributed by atoms with Gasteiger partial charge in [-0.15, -0.1) is 0 Å². The number of carboxylic acids is 1. The number of benzene rings is 6. The molecule has 0 radical (unpaired) electrons. The molecule has 0 aliphatic carbocycles. The Labute approximate surface area is 299 Å². The Balaban J connectivity index is 0.000000198. The second kappa shape index (κ2) is 17.2. The van der Waals surface area contributed by atoms with Crippen LogP contribution in [0.3, 0.4) is 0 Å². The number of carboxylic acid groups (broad SMARTS) is 1. The zero-order chi connectivity index (χ0) is 36.1. The highest BCUT2D eigenvalue weighted by molar-refractivity contribution is 5.74. The summed E-state index contributed by atoms with van der Waals surface area (Å²) < 4.78 is 17.6. The van der Waals surface area contributed by atoms with Crippen molar-refractivity contribution in [1.29, 1.82) is 0 Å². The van der Waals surface area contributed by atoms with Gasteiger partial charge in [0.25, 0.3) is 0 Å². The Hall–Kier alpha value is -5.82. The van der Waals surface area contributed by atoms with E-state index in [2.05, 4.69) is 0 Å². The molecule has 6 nitrogen and oxygen atoms in total. The summed E-state index contributed by atoms with van der Waals surface area (Å²) in [6.45, 7) is 3.28. The fraction of sp³-hybridized carbons (Fsp3) is 0.156. The molecule has 0 amide bonds. The lowest BCUT2D eigenvalue weighted by atomic mass is 9.80. The predicted molar refractivity (Wildman–Crippen MR) is 199 cm³/mol. The smallest absolute Gasteiger partial charge is 0.334 e. The maximum atomic E-state index is 12.1. The summed E-state index contributed by atoms with van der Waals surface area (Å²) in [7, 11) is 1.37. The highest BCUT2D eigenvalue weighted by Crippen LogP contribution is 2.42. The van der Waals surface area contributed by atoms with Gasteiger partial charge >= 0.3 is 11.9 Å². The van der Waals surface area contributed by atoms with Crippen molar-refractivity contribution in [3.05, 3.63) is 215 Å². The van der Waals surface area contributed by atoms with E-state index in [1.165, 1.54) is 7.11 Å². The standard InChI is InChI=1S/C23H22O3.C22H20O3/c1-18(22(24)25-2)26-23(19-12-6-3-7-13-19,20-14-8-4-9-15-20)21-16-10-5-11-17-21;1-17(21(23)24)25-22(18-11-5-2-6-12-18,19-13-7-3-8-14-19)20-15-9-4-10-16-20/h3-18H,1-2H3;2-17H,1H3,(H,23,24)/t18-;17-/m11/s1. The number of esters is 1. The van der Waals surface area contributed by atoms with Crippen LogP contribution < -0.4 is 0 Å². The van der Waals surface area contributed by atoms with E-state index in [9.17, 15) is 14.7 Å². The molecule has 6 aromatic rings. The second-order valence-corrected chi connectivity index (χ2v) is 11.9. The molecule has 51 heavy (non-hydrogen) atoms. The molecule has 0 saturated carbocycles. The number of rotatable bonds is 12. The number of aliphatic carboxylic acids is 1. The molecule has 2 atom stereocenters. The first-order chi connectivity index (χ1) is 24.8. The van der Waals surface area contributed by atoms with Crippen LogP contribution in [0.4, 0.5) is 0 Å². The first-order valence-electron chi connectivity index (χ1n) is 16.8. The van der Waals surface area contributed by atoms with Gasteiger partial charge < -0.3 is 19.3 Å². The van der Waals surface area contributed by atoms with E-state index in [0.29, 0.717) is 0 Å². The molecule has 6 heteroatoms. The molecule has 0 unspecified atom stereocenters. The van der Waals surface area contributed by atoms with Gasteiger partial charge in [0.2, 0.25) is 0 Å². The highest BCUT2D eigenvalue weighted by atomic mass is 16.6. The third-order valence-corrected chi connectivity index (χ3v) is 8.67. The molecule has 0 aromatic heterocycles. The van der Waals surface area contributed by atoms with E-state index in [4.69, 9.17) is 14.2 Å². The molecule has 258 valence electrons. The maximum absolute atomic E-state index is 12.1. The van der Waals surface area contributed by atoms with Crippen LogP contribution in [0.2, 0.25) is 0 Å². The molecule has 6 rings (SSSR count). The molecule has 0 aliphatic rings. The average Bonchev–Trinajstić information content (AvgIpc) is 3.20. The Kier molecular flexibility index (Phi) is 12.3. The molecule has 0 saturated heterocycles. The number of methoxy groups -OCH3 is 1. The lowest BCUT2D eigenvalue weighted by molar-refractivity contribution is -0.160. The summed E-state index contributed by atoms with van der Waals surface area (Å²) in [5, 5.41) is 9.46. The van der Waals surface area contributed by atoms with Crippen molar-refractivity contribution in [3.8, 4) is 0 Å². The normalized spacial score (nSPS) is 12.5. The van der Waals surface area contributed by atoms with Crippen LogP contribution in [-0.2, 0) is 35.0 Å². The lowest BCUT2D eigenvalue weighted by Crippen LogP contribution is -2.39. The third kappa shape index (κ3) is 8.15. The highest BCUT2D eigenvalue weighted by Gasteiger charge is 2.41. The largest absolute Gasteiger partial charge is 0.479 e. The molecule has 6 aromatic carbocycles. The van der Waals surface area contributed by atoms with Gasteiger partial charge in [-0.2, -0.15) is 0 Å². The summed E-state index contributed by atoms with van der Waals surface area (Å²) in [4.78, 5) is 23.7. The third-order valence-electron chi connectivity index (χ3n) is 8.67. The van der Waals surface area contributed by atoms with Gasteiger partial charge in [-0.25, -0.2) is 9.59 Å². The van der Waals surface area contributed by atoms with Crippen molar-refractivity contribution < 1.29 is 28.9 Å². The van der Waals surface area contributed by atoms with Crippen LogP contribution in [0.5, 0.6) is 0 Å². The topological polar surface area (TPSA) is 82.1 Å². The number of hydrogen-bond acceptors (Lipinski definition) is 5. The van der Waals surface area contributed by atoms with Crippen LogP contribution in [0.25, 0.3) is 0 Å². The Bertz CT molecular complexity index is 1740. The van der Waals surface area contributed by atoms with Crippen LogP contribution in [0, 0.1) is 0 Å².